The Labute approximate surface area is 208 Å². The number of hydrogen-bond acceptors (Lipinski definition) is 5. The molecule has 2 saturated carbocycles. The number of thioether (sulfide) groups is 1. The number of carbonyl (C=O) groups excluding carboxylic acids is 2. The summed E-state index contributed by atoms with van der Waals surface area (Å²) >= 11 is 1.08. The van der Waals surface area contributed by atoms with Crippen molar-refractivity contribution in [3.8, 4) is 0 Å². The number of carboxylic acid groups (broad SMARTS) is 1. The Morgan fingerprint density at radius 3 is 2.09 bits per heavy atom. The Hall–Kier alpha value is -1.86. The second kappa shape index (κ2) is 13.9. The van der Waals surface area contributed by atoms with Gasteiger partial charge in [0.2, 0.25) is 5.91 Å². The van der Waals surface area contributed by atoms with Crippen LogP contribution >= 0.6 is 11.8 Å². The number of nitrogens with zero attached hydrogens (tertiary/aromatic N) is 1. The standard InChI is InChI=1S/C15H17NO4S.C12H23N/c1-10(17)21-9-8-14(18)16-12-5-3-2-4-11(12)6-7-13(16)15(19)20;1-3-7-11(8-4-1)13-12-9-5-2-6-10-12/h2-5,13H,6-9H2,1H3,(H,19,20);11-13H,1-10H2/t13-;/m0./s1. The highest BCUT2D eigenvalue weighted by Crippen LogP contribution is 2.31. The zero-order valence-corrected chi connectivity index (χ0v) is 21.3. The first-order valence-corrected chi connectivity index (χ1v) is 14.0. The molecular weight excluding hydrogens is 448 g/mol. The molecule has 1 atom stereocenters. The lowest BCUT2D eigenvalue weighted by Crippen LogP contribution is -2.48. The molecule has 1 aliphatic heterocycles. The third-order valence-corrected chi connectivity index (χ3v) is 7.92. The lowest BCUT2D eigenvalue weighted by molar-refractivity contribution is -0.140. The molecule has 0 saturated heterocycles. The summed E-state index contributed by atoms with van der Waals surface area (Å²) < 4.78 is 0. The number of aryl methyl sites for hydroxylation is 1. The minimum Gasteiger partial charge on any atom is -0.480 e. The normalized spacial score (nSPS) is 21.2. The van der Waals surface area contributed by atoms with Crippen LogP contribution in [0.4, 0.5) is 5.69 Å². The average Bonchev–Trinajstić information content (AvgIpc) is 2.84. The van der Waals surface area contributed by atoms with Crippen LogP contribution < -0.4 is 10.2 Å². The summed E-state index contributed by atoms with van der Waals surface area (Å²) in [5.41, 5.74) is 1.66. The summed E-state index contributed by atoms with van der Waals surface area (Å²) in [6.07, 6.45) is 15.8. The lowest BCUT2D eigenvalue weighted by Gasteiger charge is -2.34. The van der Waals surface area contributed by atoms with Crippen molar-refractivity contribution in [2.75, 3.05) is 10.7 Å². The van der Waals surface area contributed by atoms with Crippen LogP contribution in [0.15, 0.2) is 24.3 Å². The van der Waals surface area contributed by atoms with Gasteiger partial charge in [0.05, 0.1) is 0 Å². The number of anilines is 1. The number of benzene rings is 1. The smallest absolute Gasteiger partial charge is 0.326 e. The van der Waals surface area contributed by atoms with E-state index in [2.05, 4.69) is 5.32 Å². The van der Waals surface area contributed by atoms with Crippen molar-refractivity contribution in [3.05, 3.63) is 29.8 Å². The molecule has 0 radical (unpaired) electrons. The Bertz CT molecular complexity index is 803. The largest absolute Gasteiger partial charge is 0.480 e. The molecule has 1 aromatic carbocycles. The van der Waals surface area contributed by atoms with E-state index in [0.717, 1.165) is 29.4 Å². The first-order valence-electron chi connectivity index (χ1n) is 13.0. The van der Waals surface area contributed by atoms with Gasteiger partial charge in [-0.1, -0.05) is 68.5 Å². The summed E-state index contributed by atoms with van der Waals surface area (Å²) in [5.74, 6) is -0.862. The van der Waals surface area contributed by atoms with Crippen molar-refractivity contribution in [2.45, 2.75) is 109 Å². The minimum absolute atomic E-state index is 0.0448. The molecule has 0 unspecified atom stereocenters. The Morgan fingerprint density at radius 2 is 1.53 bits per heavy atom. The van der Waals surface area contributed by atoms with Crippen molar-refractivity contribution in [1.82, 2.24) is 5.32 Å². The van der Waals surface area contributed by atoms with Gasteiger partial charge in [-0.3, -0.25) is 14.5 Å². The van der Waals surface area contributed by atoms with E-state index in [0.29, 0.717) is 24.3 Å². The zero-order valence-electron chi connectivity index (χ0n) is 20.5. The summed E-state index contributed by atoms with van der Waals surface area (Å²) in [6.45, 7) is 1.45. The molecule has 2 N–H and O–H groups in total. The topological polar surface area (TPSA) is 86.7 Å². The quantitative estimate of drug-likeness (QED) is 0.563. The number of para-hydroxylation sites is 1. The van der Waals surface area contributed by atoms with Crippen molar-refractivity contribution >= 4 is 34.4 Å². The van der Waals surface area contributed by atoms with Crippen LogP contribution in [0, 0.1) is 0 Å². The SMILES string of the molecule is C1CCC(NC2CCCCC2)CC1.CC(=O)SCCC(=O)N1c2ccccc2CC[C@H]1C(=O)O. The molecule has 6 nitrogen and oxygen atoms in total. The summed E-state index contributed by atoms with van der Waals surface area (Å²) in [5, 5.41) is 13.2. The highest BCUT2D eigenvalue weighted by atomic mass is 32.2. The molecule has 1 amide bonds. The number of hydrogen-bond donors (Lipinski definition) is 2. The van der Waals surface area contributed by atoms with E-state index >= 15 is 0 Å². The number of amides is 1. The molecule has 0 aromatic heterocycles. The number of aliphatic carboxylic acids is 1. The monoisotopic (exact) mass is 488 g/mol. The maximum Gasteiger partial charge on any atom is 0.326 e. The molecule has 7 heteroatoms. The second-order valence-corrected chi connectivity index (χ2v) is 11.0. The van der Waals surface area contributed by atoms with Gasteiger partial charge >= 0.3 is 5.97 Å². The van der Waals surface area contributed by atoms with Crippen LogP contribution in [0.1, 0.15) is 89.5 Å². The highest BCUT2D eigenvalue weighted by Gasteiger charge is 2.35. The van der Waals surface area contributed by atoms with E-state index in [-0.39, 0.29) is 17.4 Å². The van der Waals surface area contributed by atoms with Gasteiger partial charge in [0, 0.05) is 36.9 Å². The maximum absolute atomic E-state index is 12.4. The fraction of sp³-hybridized carbons (Fsp3) is 0.667. The van der Waals surface area contributed by atoms with Gasteiger partial charge in [0.1, 0.15) is 6.04 Å². The van der Waals surface area contributed by atoms with Crippen LogP contribution in [-0.4, -0.2) is 46.0 Å². The number of fused-ring (bicyclic) bond motifs is 1. The molecule has 188 valence electrons. The van der Waals surface area contributed by atoms with Crippen molar-refractivity contribution in [2.24, 2.45) is 0 Å². The van der Waals surface area contributed by atoms with Crippen LogP contribution in [-0.2, 0) is 20.8 Å². The van der Waals surface area contributed by atoms with Crippen molar-refractivity contribution < 1.29 is 19.5 Å². The molecule has 2 aliphatic carbocycles. The first kappa shape index (κ1) is 26.7. The molecule has 3 aliphatic rings. The molecule has 2 fully saturated rings. The van der Waals surface area contributed by atoms with Crippen molar-refractivity contribution in [3.63, 3.8) is 0 Å². The zero-order chi connectivity index (χ0) is 24.3. The van der Waals surface area contributed by atoms with Gasteiger partial charge in [0.15, 0.2) is 5.12 Å². The molecule has 0 spiro atoms. The molecule has 4 rings (SSSR count). The van der Waals surface area contributed by atoms with E-state index in [1.54, 1.807) is 12.1 Å². The Morgan fingerprint density at radius 1 is 0.941 bits per heavy atom. The van der Waals surface area contributed by atoms with Crippen molar-refractivity contribution in [1.29, 1.82) is 0 Å². The van der Waals surface area contributed by atoms with Crippen LogP contribution in [0.5, 0.6) is 0 Å². The highest BCUT2D eigenvalue weighted by molar-refractivity contribution is 8.13. The fourth-order valence-electron chi connectivity index (χ4n) is 5.36. The minimum atomic E-state index is -0.989. The molecule has 0 bridgehead atoms. The van der Waals surface area contributed by atoms with Gasteiger partial charge in [-0.2, -0.15) is 0 Å². The third kappa shape index (κ3) is 8.12. The predicted octanol–water partition coefficient (Wildman–Crippen LogP) is 5.33. The van der Waals surface area contributed by atoms with Gasteiger partial charge in [-0.25, -0.2) is 4.79 Å². The van der Waals surface area contributed by atoms with Gasteiger partial charge in [-0.05, 0) is 50.2 Å². The average molecular weight is 489 g/mol. The molecule has 1 aromatic rings. The number of carboxylic acids is 1. The van der Waals surface area contributed by atoms with Gasteiger partial charge < -0.3 is 10.4 Å². The van der Waals surface area contributed by atoms with E-state index in [1.807, 2.05) is 12.1 Å². The third-order valence-electron chi connectivity index (χ3n) is 7.11. The summed E-state index contributed by atoms with van der Waals surface area (Å²) in [7, 11) is 0. The van der Waals surface area contributed by atoms with E-state index in [1.165, 1.54) is 76.0 Å². The lowest BCUT2D eigenvalue weighted by atomic mass is 9.91. The summed E-state index contributed by atoms with van der Waals surface area (Å²) in [6, 6.07) is 8.30. The molecular formula is C27H40N2O4S. The summed E-state index contributed by atoms with van der Waals surface area (Å²) in [4.78, 5) is 36.1. The second-order valence-electron chi connectivity index (χ2n) is 9.71. The van der Waals surface area contributed by atoms with E-state index < -0.39 is 12.0 Å². The number of carbonyl (C=O) groups is 3. The van der Waals surface area contributed by atoms with E-state index in [9.17, 15) is 19.5 Å². The molecule has 34 heavy (non-hydrogen) atoms. The van der Waals surface area contributed by atoms with Gasteiger partial charge in [0.25, 0.3) is 0 Å². The maximum atomic E-state index is 12.4. The van der Waals surface area contributed by atoms with E-state index in [4.69, 9.17) is 0 Å². The fourth-order valence-corrected chi connectivity index (χ4v) is 5.93. The first-order chi connectivity index (χ1) is 16.5. The Kier molecular flexibility index (Phi) is 10.9. The van der Waals surface area contributed by atoms with Crippen LogP contribution in [0.3, 0.4) is 0 Å². The predicted molar refractivity (Wildman–Crippen MR) is 138 cm³/mol. The van der Waals surface area contributed by atoms with Gasteiger partial charge in [-0.15, -0.1) is 0 Å². The Balaban J connectivity index is 0.000000212. The van der Waals surface area contributed by atoms with Crippen LogP contribution in [0.25, 0.3) is 0 Å². The van der Waals surface area contributed by atoms with Crippen LogP contribution in [0.2, 0.25) is 0 Å². The number of rotatable bonds is 6. The molecule has 1 heterocycles. The number of nitrogens with one attached hydrogen (secondary N) is 1.